The van der Waals surface area contributed by atoms with Crippen molar-refractivity contribution in [2.75, 3.05) is 33.0 Å². The van der Waals surface area contributed by atoms with Crippen LogP contribution in [0.25, 0.3) is 0 Å². The Bertz CT molecular complexity index is 602. The van der Waals surface area contributed by atoms with Gasteiger partial charge in [0.15, 0.2) is 0 Å². The highest BCUT2D eigenvalue weighted by molar-refractivity contribution is 4.84. The molecule has 0 saturated heterocycles. The van der Waals surface area contributed by atoms with E-state index in [2.05, 4.69) is 38.2 Å². The fourth-order valence-electron chi connectivity index (χ4n) is 6.49. The molecule has 4 nitrogen and oxygen atoms in total. The van der Waals surface area contributed by atoms with Gasteiger partial charge in [-0.2, -0.15) is 0 Å². The van der Waals surface area contributed by atoms with E-state index in [1.165, 1.54) is 167 Å². The number of hydrogen-bond acceptors (Lipinski definition) is 4. The Morgan fingerprint density at radius 2 is 0.688 bits per heavy atom. The van der Waals surface area contributed by atoms with Crippen LogP contribution in [0.3, 0.4) is 0 Å². The Kier molecular flexibility index (Phi) is 40.2. The molecule has 0 fully saturated rings. The van der Waals surface area contributed by atoms with Gasteiger partial charge in [-0.1, -0.05) is 154 Å². The van der Waals surface area contributed by atoms with E-state index in [0.29, 0.717) is 6.54 Å². The van der Waals surface area contributed by atoms with Crippen molar-refractivity contribution in [1.82, 2.24) is 0 Å². The van der Waals surface area contributed by atoms with Crippen molar-refractivity contribution in [3.8, 4) is 0 Å². The molecule has 0 saturated carbocycles. The molecule has 0 spiro atoms. The SMILES string of the molecule is CCCCCCCCC=CCCCCCCCCOCCC(N)(CCCN)CCOCCCCCCCCC=CCCCCCCCC. The topological polar surface area (TPSA) is 70.5 Å². The third-order valence-electron chi connectivity index (χ3n) is 9.97. The van der Waals surface area contributed by atoms with E-state index >= 15 is 0 Å². The first kappa shape index (κ1) is 47.3. The molecule has 0 atom stereocenters. The molecule has 0 rings (SSSR count). The van der Waals surface area contributed by atoms with E-state index in [1.807, 2.05) is 0 Å². The lowest BCUT2D eigenvalue weighted by Crippen LogP contribution is -2.42. The van der Waals surface area contributed by atoms with Crippen molar-refractivity contribution < 1.29 is 9.47 Å². The lowest BCUT2D eigenvalue weighted by Gasteiger charge is -2.29. The largest absolute Gasteiger partial charge is 0.381 e. The van der Waals surface area contributed by atoms with Crippen molar-refractivity contribution in [1.29, 1.82) is 0 Å². The van der Waals surface area contributed by atoms with E-state index in [9.17, 15) is 0 Å². The van der Waals surface area contributed by atoms with Gasteiger partial charge in [0.05, 0.1) is 0 Å². The number of ether oxygens (including phenoxy) is 2. The zero-order valence-corrected chi connectivity index (χ0v) is 32.9. The molecule has 0 radical (unpaired) electrons. The van der Waals surface area contributed by atoms with Gasteiger partial charge in [-0.25, -0.2) is 0 Å². The predicted octanol–water partition coefficient (Wildman–Crippen LogP) is 13.3. The maximum Gasteiger partial charge on any atom is 0.0483 e. The monoisotopic (exact) mass is 677 g/mol. The first-order chi connectivity index (χ1) is 23.7. The number of unbranched alkanes of at least 4 members (excludes halogenated alkanes) is 24. The summed E-state index contributed by atoms with van der Waals surface area (Å²) in [6, 6.07) is 0. The fourth-order valence-corrected chi connectivity index (χ4v) is 6.49. The normalized spacial score (nSPS) is 13.3. The number of rotatable bonds is 41. The molecule has 0 aliphatic rings. The van der Waals surface area contributed by atoms with Crippen LogP contribution in [0.2, 0.25) is 0 Å². The van der Waals surface area contributed by atoms with E-state index < -0.39 is 0 Å². The molecule has 4 heteroatoms. The van der Waals surface area contributed by atoms with Crippen molar-refractivity contribution in [3.05, 3.63) is 24.3 Å². The van der Waals surface area contributed by atoms with Crippen molar-refractivity contribution in [2.24, 2.45) is 11.5 Å². The van der Waals surface area contributed by atoms with E-state index in [4.69, 9.17) is 20.9 Å². The first-order valence-corrected chi connectivity index (χ1v) is 21.6. The highest BCUT2D eigenvalue weighted by Gasteiger charge is 2.24. The summed E-state index contributed by atoms with van der Waals surface area (Å²) in [7, 11) is 0. The Balaban J connectivity index is 3.61. The van der Waals surface area contributed by atoms with E-state index in [1.54, 1.807) is 0 Å². The van der Waals surface area contributed by atoms with Gasteiger partial charge < -0.3 is 20.9 Å². The van der Waals surface area contributed by atoms with Gasteiger partial charge in [0, 0.05) is 32.0 Å². The summed E-state index contributed by atoms with van der Waals surface area (Å²) in [4.78, 5) is 0. The van der Waals surface area contributed by atoms with Crippen molar-refractivity contribution in [2.45, 2.75) is 225 Å². The van der Waals surface area contributed by atoms with Crippen LogP contribution in [0, 0.1) is 0 Å². The van der Waals surface area contributed by atoms with Crippen molar-refractivity contribution in [3.63, 3.8) is 0 Å². The predicted molar refractivity (Wildman–Crippen MR) is 215 cm³/mol. The molecule has 4 N–H and O–H groups in total. The van der Waals surface area contributed by atoms with Crippen molar-refractivity contribution >= 4 is 0 Å². The Labute approximate surface area is 302 Å². The Morgan fingerprint density at radius 1 is 0.375 bits per heavy atom. The second-order valence-electron chi connectivity index (χ2n) is 14.9. The highest BCUT2D eigenvalue weighted by atomic mass is 16.5. The molecule has 0 heterocycles. The molecule has 286 valence electrons. The molecule has 0 unspecified atom stereocenters. The van der Waals surface area contributed by atoms with Crippen LogP contribution in [0.15, 0.2) is 24.3 Å². The van der Waals surface area contributed by atoms with Gasteiger partial charge in [-0.05, 0) is 96.4 Å². The third kappa shape index (κ3) is 38.1. The zero-order chi connectivity index (χ0) is 34.9. The molecular formula is C44H88N2O2. The van der Waals surface area contributed by atoms with E-state index in [-0.39, 0.29) is 5.54 Å². The maximum absolute atomic E-state index is 6.81. The molecule has 0 aliphatic heterocycles. The van der Waals surface area contributed by atoms with Crippen LogP contribution in [0.4, 0.5) is 0 Å². The standard InChI is InChI=1S/C44H88N2O2/c1-3-5-7-9-11-13-15-17-19-21-23-25-27-29-31-33-40-47-42-37-44(46,36-35-39-45)38-43-48-41-34-32-30-28-26-24-22-20-18-16-14-12-10-8-6-4-2/h17-20H,3-16,21-43,45-46H2,1-2H3. The quantitative estimate of drug-likeness (QED) is 0.0499. The van der Waals surface area contributed by atoms with Gasteiger partial charge in [0.2, 0.25) is 0 Å². The summed E-state index contributed by atoms with van der Waals surface area (Å²) in [6.07, 6.45) is 50.8. The number of nitrogens with two attached hydrogens (primary N) is 2. The highest BCUT2D eigenvalue weighted by Crippen LogP contribution is 2.20. The molecule has 48 heavy (non-hydrogen) atoms. The summed E-state index contributed by atoms with van der Waals surface area (Å²) < 4.78 is 12.0. The molecule has 0 aromatic carbocycles. The minimum absolute atomic E-state index is 0.217. The fraction of sp³-hybridized carbons (Fsp3) is 0.909. The number of hydrogen-bond donors (Lipinski definition) is 2. The average molecular weight is 677 g/mol. The van der Waals surface area contributed by atoms with Crippen LogP contribution in [-0.4, -0.2) is 38.5 Å². The van der Waals surface area contributed by atoms with Gasteiger partial charge >= 0.3 is 0 Å². The van der Waals surface area contributed by atoms with Gasteiger partial charge in [-0.15, -0.1) is 0 Å². The Hall–Kier alpha value is -0.680. The summed E-state index contributed by atoms with van der Waals surface area (Å²) in [5.41, 5.74) is 12.4. The van der Waals surface area contributed by atoms with Crippen LogP contribution in [-0.2, 0) is 9.47 Å². The molecular weight excluding hydrogens is 588 g/mol. The molecule has 0 bridgehead atoms. The summed E-state index contributed by atoms with van der Waals surface area (Å²) in [5.74, 6) is 0. The average Bonchev–Trinajstić information content (AvgIpc) is 3.09. The first-order valence-electron chi connectivity index (χ1n) is 21.6. The van der Waals surface area contributed by atoms with Gasteiger partial charge in [-0.3, -0.25) is 0 Å². The molecule has 0 amide bonds. The van der Waals surface area contributed by atoms with Crippen LogP contribution in [0.5, 0.6) is 0 Å². The van der Waals surface area contributed by atoms with Crippen LogP contribution >= 0.6 is 0 Å². The molecule has 0 aliphatic carbocycles. The minimum atomic E-state index is -0.217. The van der Waals surface area contributed by atoms with Gasteiger partial charge in [0.25, 0.3) is 0 Å². The van der Waals surface area contributed by atoms with Crippen LogP contribution in [0.1, 0.15) is 219 Å². The van der Waals surface area contributed by atoms with Gasteiger partial charge in [0.1, 0.15) is 0 Å². The molecule has 0 aromatic heterocycles. The summed E-state index contributed by atoms with van der Waals surface area (Å²) in [6.45, 7) is 8.50. The Morgan fingerprint density at radius 3 is 1.02 bits per heavy atom. The molecule has 0 aromatic rings. The third-order valence-corrected chi connectivity index (χ3v) is 9.97. The second-order valence-corrected chi connectivity index (χ2v) is 14.9. The number of allylic oxidation sites excluding steroid dienone is 4. The lowest BCUT2D eigenvalue weighted by molar-refractivity contribution is 0.0813. The maximum atomic E-state index is 6.81. The lowest BCUT2D eigenvalue weighted by atomic mass is 9.88. The smallest absolute Gasteiger partial charge is 0.0483 e. The van der Waals surface area contributed by atoms with E-state index in [0.717, 1.165) is 65.0 Å². The zero-order valence-electron chi connectivity index (χ0n) is 32.9. The summed E-state index contributed by atoms with van der Waals surface area (Å²) >= 11 is 0. The summed E-state index contributed by atoms with van der Waals surface area (Å²) in [5, 5.41) is 0. The van der Waals surface area contributed by atoms with Crippen LogP contribution < -0.4 is 11.5 Å². The second kappa shape index (κ2) is 40.7. The minimum Gasteiger partial charge on any atom is -0.381 e.